The summed E-state index contributed by atoms with van der Waals surface area (Å²) in [6.07, 6.45) is 2.30. The van der Waals surface area contributed by atoms with Crippen LogP contribution in [0, 0.1) is 0 Å². The molecule has 94 valence electrons. The van der Waals surface area contributed by atoms with Crippen molar-refractivity contribution in [1.82, 2.24) is 4.90 Å². The maximum absolute atomic E-state index is 6.02. The summed E-state index contributed by atoms with van der Waals surface area (Å²) in [5, 5.41) is 0.752. The van der Waals surface area contributed by atoms with E-state index in [0.717, 1.165) is 42.4 Å². The van der Waals surface area contributed by atoms with Crippen molar-refractivity contribution >= 4 is 11.6 Å². The Balaban J connectivity index is 2.08. The number of piperidine rings is 1. The largest absolute Gasteiger partial charge is 0.496 e. The van der Waals surface area contributed by atoms with E-state index in [1.165, 1.54) is 6.42 Å². The molecular formula is C13H19ClN2O. The van der Waals surface area contributed by atoms with Gasteiger partial charge in [-0.3, -0.25) is 4.90 Å². The summed E-state index contributed by atoms with van der Waals surface area (Å²) in [4.78, 5) is 2.36. The van der Waals surface area contributed by atoms with Gasteiger partial charge in [0.05, 0.1) is 7.11 Å². The molecule has 0 radical (unpaired) electrons. The second-order valence-electron chi connectivity index (χ2n) is 4.59. The molecule has 1 atom stereocenters. The molecule has 1 fully saturated rings. The fraction of sp³-hybridized carbons (Fsp3) is 0.538. The summed E-state index contributed by atoms with van der Waals surface area (Å²) in [5.74, 6) is 0.897. The van der Waals surface area contributed by atoms with Crippen molar-refractivity contribution < 1.29 is 4.74 Å². The van der Waals surface area contributed by atoms with Gasteiger partial charge in [-0.2, -0.15) is 0 Å². The highest BCUT2D eigenvalue weighted by Crippen LogP contribution is 2.25. The first-order valence-corrected chi connectivity index (χ1v) is 6.37. The lowest BCUT2D eigenvalue weighted by Crippen LogP contribution is -2.42. The Labute approximate surface area is 107 Å². The lowest BCUT2D eigenvalue weighted by Gasteiger charge is -2.31. The molecule has 1 aromatic rings. The van der Waals surface area contributed by atoms with Gasteiger partial charge in [0.15, 0.2) is 0 Å². The van der Waals surface area contributed by atoms with Crippen LogP contribution in [0.1, 0.15) is 18.4 Å². The Hall–Kier alpha value is -0.770. The number of ether oxygens (including phenoxy) is 1. The summed E-state index contributed by atoms with van der Waals surface area (Å²) in [6, 6.07) is 6.04. The average Bonchev–Trinajstić information content (AvgIpc) is 2.29. The summed E-state index contributed by atoms with van der Waals surface area (Å²) >= 11 is 6.02. The number of rotatable bonds is 3. The lowest BCUT2D eigenvalue weighted by molar-refractivity contribution is 0.199. The molecule has 1 aliphatic heterocycles. The van der Waals surface area contributed by atoms with Crippen LogP contribution in [-0.2, 0) is 6.54 Å². The minimum absolute atomic E-state index is 0.300. The highest BCUT2D eigenvalue weighted by atomic mass is 35.5. The van der Waals surface area contributed by atoms with Gasteiger partial charge < -0.3 is 10.5 Å². The molecule has 2 rings (SSSR count). The van der Waals surface area contributed by atoms with Crippen LogP contribution in [0.4, 0.5) is 0 Å². The first-order valence-electron chi connectivity index (χ1n) is 5.99. The van der Waals surface area contributed by atoms with E-state index in [-0.39, 0.29) is 0 Å². The number of methoxy groups -OCH3 is 1. The molecule has 1 heterocycles. The van der Waals surface area contributed by atoms with Crippen LogP contribution in [0.2, 0.25) is 5.02 Å². The quantitative estimate of drug-likeness (QED) is 0.899. The molecule has 0 aromatic heterocycles. The second-order valence-corrected chi connectivity index (χ2v) is 5.03. The van der Waals surface area contributed by atoms with E-state index in [0.29, 0.717) is 6.04 Å². The normalized spacial score (nSPS) is 21.5. The highest BCUT2D eigenvalue weighted by molar-refractivity contribution is 6.30. The number of benzene rings is 1. The average molecular weight is 255 g/mol. The van der Waals surface area contributed by atoms with Crippen LogP contribution in [0.15, 0.2) is 18.2 Å². The van der Waals surface area contributed by atoms with Crippen LogP contribution in [0.3, 0.4) is 0 Å². The summed E-state index contributed by atoms with van der Waals surface area (Å²) < 4.78 is 5.35. The number of nitrogens with two attached hydrogens (primary N) is 1. The van der Waals surface area contributed by atoms with Gasteiger partial charge in [-0.15, -0.1) is 0 Å². The smallest absolute Gasteiger partial charge is 0.123 e. The number of likely N-dealkylation sites (tertiary alicyclic amines) is 1. The molecule has 0 saturated carbocycles. The van der Waals surface area contributed by atoms with Gasteiger partial charge in [-0.25, -0.2) is 0 Å². The van der Waals surface area contributed by atoms with Crippen LogP contribution >= 0.6 is 11.6 Å². The summed E-state index contributed by atoms with van der Waals surface area (Å²) in [5.41, 5.74) is 7.11. The molecule has 4 heteroatoms. The molecule has 0 spiro atoms. The number of hydrogen-bond donors (Lipinski definition) is 1. The van der Waals surface area contributed by atoms with Gasteiger partial charge in [-0.05, 0) is 37.6 Å². The third-order valence-corrected chi connectivity index (χ3v) is 3.41. The number of halogens is 1. The fourth-order valence-electron chi connectivity index (χ4n) is 2.35. The molecule has 0 amide bonds. The standard InChI is InChI=1S/C13H19ClN2O/c1-17-13-5-4-11(14)7-10(13)8-16-6-2-3-12(15)9-16/h4-5,7,12H,2-3,6,8-9,15H2,1H3/t12-/m1/s1. The zero-order chi connectivity index (χ0) is 12.3. The van der Waals surface area contributed by atoms with E-state index in [2.05, 4.69) is 4.90 Å². The van der Waals surface area contributed by atoms with Gasteiger partial charge in [0.25, 0.3) is 0 Å². The van der Waals surface area contributed by atoms with Crippen molar-refractivity contribution in [2.24, 2.45) is 5.73 Å². The molecule has 0 aliphatic carbocycles. The van der Waals surface area contributed by atoms with E-state index in [4.69, 9.17) is 22.1 Å². The molecular weight excluding hydrogens is 236 g/mol. The van der Waals surface area contributed by atoms with Crippen LogP contribution in [-0.4, -0.2) is 31.1 Å². The van der Waals surface area contributed by atoms with Crippen LogP contribution in [0.25, 0.3) is 0 Å². The zero-order valence-electron chi connectivity index (χ0n) is 10.2. The molecule has 0 unspecified atom stereocenters. The maximum Gasteiger partial charge on any atom is 0.123 e. The predicted molar refractivity (Wildman–Crippen MR) is 70.5 cm³/mol. The minimum atomic E-state index is 0.300. The molecule has 1 saturated heterocycles. The SMILES string of the molecule is COc1ccc(Cl)cc1CN1CCC[C@@H](N)C1. The Morgan fingerprint density at radius 1 is 1.53 bits per heavy atom. The summed E-state index contributed by atoms with van der Waals surface area (Å²) in [6.45, 7) is 2.91. The molecule has 1 aromatic carbocycles. The molecule has 0 bridgehead atoms. The number of nitrogens with zero attached hydrogens (tertiary/aromatic N) is 1. The Bertz CT molecular complexity index is 384. The van der Waals surface area contributed by atoms with Gasteiger partial charge in [-0.1, -0.05) is 11.6 Å². The van der Waals surface area contributed by atoms with Crippen molar-refractivity contribution in [2.45, 2.75) is 25.4 Å². The van der Waals surface area contributed by atoms with Crippen LogP contribution in [0.5, 0.6) is 5.75 Å². The summed E-state index contributed by atoms with van der Waals surface area (Å²) in [7, 11) is 1.69. The van der Waals surface area contributed by atoms with Crippen LogP contribution < -0.4 is 10.5 Å². The Morgan fingerprint density at radius 2 is 2.35 bits per heavy atom. The number of hydrogen-bond acceptors (Lipinski definition) is 3. The van der Waals surface area contributed by atoms with E-state index in [1.807, 2.05) is 18.2 Å². The molecule has 3 nitrogen and oxygen atoms in total. The Kier molecular flexibility index (Phi) is 4.26. The maximum atomic E-state index is 6.02. The van der Waals surface area contributed by atoms with Crippen molar-refractivity contribution in [1.29, 1.82) is 0 Å². The highest BCUT2D eigenvalue weighted by Gasteiger charge is 2.18. The molecule has 2 N–H and O–H groups in total. The van der Waals surface area contributed by atoms with E-state index in [1.54, 1.807) is 7.11 Å². The third-order valence-electron chi connectivity index (χ3n) is 3.18. The van der Waals surface area contributed by atoms with Gasteiger partial charge in [0, 0.05) is 29.7 Å². The Morgan fingerprint density at radius 3 is 3.06 bits per heavy atom. The van der Waals surface area contributed by atoms with Gasteiger partial charge in [0.1, 0.15) is 5.75 Å². The predicted octanol–water partition coefficient (Wildman–Crippen LogP) is 2.27. The second kappa shape index (κ2) is 5.71. The first kappa shape index (κ1) is 12.7. The van der Waals surface area contributed by atoms with Gasteiger partial charge in [0.2, 0.25) is 0 Å². The van der Waals surface area contributed by atoms with Crippen molar-refractivity contribution in [3.05, 3.63) is 28.8 Å². The molecule has 17 heavy (non-hydrogen) atoms. The van der Waals surface area contributed by atoms with E-state index >= 15 is 0 Å². The topological polar surface area (TPSA) is 38.5 Å². The van der Waals surface area contributed by atoms with Crippen molar-refractivity contribution in [3.63, 3.8) is 0 Å². The zero-order valence-corrected chi connectivity index (χ0v) is 10.9. The first-order chi connectivity index (χ1) is 8.19. The monoisotopic (exact) mass is 254 g/mol. The van der Waals surface area contributed by atoms with E-state index in [9.17, 15) is 0 Å². The minimum Gasteiger partial charge on any atom is -0.496 e. The third kappa shape index (κ3) is 3.35. The molecule has 1 aliphatic rings. The van der Waals surface area contributed by atoms with E-state index < -0.39 is 0 Å². The van der Waals surface area contributed by atoms with Crippen molar-refractivity contribution in [3.8, 4) is 5.75 Å². The fourth-order valence-corrected chi connectivity index (χ4v) is 2.54. The van der Waals surface area contributed by atoms with Crippen molar-refractivity contribution in [2.75, 3.05) is 20.2 Å². The van der Waals surface area contributed by atoms with Gasteiger partial charge >= 0.3 is 0 Å². The lowest BCUT2D eigenvalue weighted by atomic mass is 10.1.